The summed E-state index contributed by atoms with van der Waals surface area (Å²) in [5.41, 5.74) is 7.13. The lowest BCUT2D eigenvalue weighted by Gasteiger charge is -2.32. The molecule has 0 aliphatic heterocycles. The summed E-state index contributed by atoms with van der Waals surface area (Å²) in [4.78, 5) is 2.33. The molecule has 1 rings (SSSR count). The first-order chi connectivity index (χ1) is 8.51. The Morgan fingerprint density at radius 3 is 2.67 bits per heavy atom. The van der Waals surface area contributed by atoms with E-state index in [0.717, 1.165) is 15.2 Å². The minimum absolute atomic E-state index is 0.223. The lowest BCUT2D eigenvalue weighted by Crippen LogP contribution is -2.38. The summed E-state index contributed by atoms with van der Waals surface area (Å²) >= 11 is 11.3. The molecule has 0 saturated carbocycles. The zero-order chi connectivity index (χ0) is 13.7. The van der Waals surface area contributed by atoms with Gasteiger partial charge < -0.3 is 5.73 Å². The zero-order valence-corrected chi connectivity index (χ0v) is 14.1. The molecule has 0 aromatic heterocycles. The van der Waals surface area contributed by atoms with Crippen molar-refractivity contribution in [1.29, 1.82) is 0 Å². The number of nitrogens with two attached hydrogens (primary N) is 1. The number of hydrogen-bond acceptors (Lipinski definition) is 3. The van der Waals surface area contributed by atoms with Crippen LogP contribution in [0.3, 0.4) is 0 Å². The molecule has 1 aromatic rings. The van der Waals surface area contributed by atoms with Crippen LogP contribution in [0.2, 0.25) is 5.02 Å². The van der Waals surface area contributed by atoms with Crippen molar-refractivity contribution in [3.8, 4) is 0 Å². The Hall–Kier alpha value is 0.260. The van der Waals surface area contributed by atoms with E-state index in [1.165, 1.54) is 5.56 Å². The van der Waals surface area contributed by atoms with E-state index in [4.69, 9.17) is 17.3 Å². The number of thioether (sulfide) groups is 1. The molecule has 2 atom stereocenters. The molecule has 0 amide bonds. The van der Waals surface area contributed by atoms with Gasteiger partial charge in [-0.1, -0.05) is 17.7 Å². The second kappa shape index (κ2) is 7.75. The van der Waals surface area contributed by atoms with Crippen molar-refractivity contribution < 1.29 is 0 Å². The van der Waals surface area contributed by atoms with Gasteiger partial charge in [0, 0.05) is 28.9 Å². The van der Waals surface area contributed by atoms with Crippen molar-refractivity contribution in [2.45, 2.75) is 19.0 Å². The average Bonchev–Trinajstić information content (AvgIpc) is 2.34. The number of hydrogen-bond donors (Lipinski definition) is 1. The predicted octanol–water partition coefficient (Wildman–Crippen LogP) is 3.79. The molecule has 1 aromatic carbocycles. The molecule has 102 valence electrons. The molecule has 2 N–H and O–H groups in total. The topological polar surface area (TPSA) is 29.3 Å². The van der Waals surface area contributed by atoms with E-state index >= 15 is 0 Å². The number of likely N-dealkylation sites (N-methyl/N-ethyl adjacent to an activating group) is 1. The van der Waals surface area contributed by atoms with E-state index in [2.05, 4.69) is 47.1 Å². The van der Waals surface area contributed by atoms with Gasteiger partial charge in [0.05, 0.1) is 5.02 Å². The van der Waals surface area contributed by atoms with Gasteiger partial charge in [-0.3, -0.25) is 4.90 Å². The first-order valence-electron chi connectivity index (χ1n) is 5.87. The van der Waals surface area contributed by atoms with Crippen LogP contribution in [0, 0.1) is 0 Å². The third-order valence-electron chi connectivity index (χ3n) is 3.15. The molecule has 0 fully saturated rings. The molecule has 0 spiro atoms. The molecule has 5 heteroatoms. The third-order valence-corrected chi connectivity index (χ3v) is 5.18. The highest BCUT2D eigenvalue weighted by atomic mass is 79.9. The van der Waals surface area contributed by atoms with E-state index in [-0.39, 0.29) is 6.04 Å². The zero-order valence-electron chi connectivity index (χ0n) is 11.0. The standard InChI is InChI=1S/C13H20BrClN2S/c1-9(8-18-3)17(2)13(7-16)10-4-5-12(15)11(14)6-10/h4-6,9,13H,7-8,16H2,1-3H3. The van der Waals surface area contributed by atoms with Gasteiger partial charge in [0.2, 0.25) is 0 Å². The summed E-state index contributed by atoms with van der Waals surface area (Å²) in [5.74, 6) is 1.10. The van der Waals surface area contributed by atoms with Crippen molar-refractivity contribution in [1.82, 2.24) is 4.90 Å². The quantitative estimate of drug-likeness (QED) is 0.845. The van der Waals surface area contributed by atoms with Crippen molar-refractivity contribution in [3.05, 3.63) is 33.3 Å². The minimum Gasteiger partial charge on any atom is -0.329 e. The van der Waals surface area contributed by atoms with E-state index < -0.39 is 0 Å². The average molecular weight is 352 g/mol. The van der Waals surface area contributed by atoms with Crippen molar-refractivity contribution in [2.75, 3.05) is 25.6 Å². The predicted molar refractivity (Wildman–Crippen MR) is 86.6 cm³/mol. The molecule has 18 heavy (non-hydrogen) atoms. The SMILES string of the molecule is CSCC(C)N(C)C(CN)c1ccc(Cl)c(Br)c1. The monoisotopic (exact) mass is 350 g/mol. The fraction of sp³-hybridized carbons (Fsp3) is 0.538. The fourth-order valence-electron chi connectivity index (χ4n) is 1.92. The van der Waals surface area contributed by atoms with E-state index in [0.29, 0.717) is 12.6 Å². The molecule has 0 bridgehead atoms. The maximum atomic E-state index is 6.03. The van der Waals surface area contributed by atoms with Gasteiger partial charge in [-0.25, -0.2) is 0 Å². The molecular formula is C13H20BrClN2S. The molecular weight excluding hydrogens is 332 g/mol. The van der Waals surface area contributed by atoms with Crippen molar-refractivity contribution in [2.24, 2.45) is 5.73 Å². The summed E-state index contributed by atoms with van der Waals surface area (Å²) in [6.45, 7) is 2.83. The first kappa shape index (κ1) is 16.3. The maximum Gasteiger partial charge on any atom is 0.0548 e. The van der Waals surface area contributed by atoms with Gasteiger partial charge in [0.15, 0.2) is 0 Å². The molecule has 0 radical (unpaired) electrons. The van der Waals surface area contributed by atoms with Gasteiger partial charge >= 0.3 is 0 Å². The molecule has 2 unspecified atom stereocenters. The summed E-state index contributed by atoms with van der Waals surface area (Å²) < 4.78 is 0.922. The van der Waals surface area contributed by atoms with Crippen LogP contribution in [0.15, 0.2) is 22.7 Å². The number of benzene rings is 1. The Bertz CT molecular complexity index is 389. The summed E-state index contributed by atoms with van der Waals surface area (Å²) in [6.07, 6.45) is 2.13. The van der Waals surface area contributed by atoms with Crippen LogP contribution in [0.25, 0.3) is 0 Å². The Kier molecular flexibility index (Phi) is 7.03. The number of halogens is 2. The van der Waals surface area contributed by atoms with Gasteiger partial charge in [-0.05, 0) is 53.9 Å². The van der Waals surface area contributed by atoms with Crippen LogP contribution in [0.1, 0.15) is 18.5 Å². The lowest BCUT2D eigenvalue weighted by molar-refractivity contribution is 0.204. The Labute approximate surface area is 127 Å². The van der Waals surface area contributed by atoms with Gasteiger partial charge in [0.1, 0.15) is 0 Å². The molecule has 0 aliphatic carbocycles. The minimum atomic E-state index is 0.223. The Morgan fingerprint density at radius 2 is 2.17 bits per heavy atom. The number of nitrogens with zero attached hydrogens (tertiary/aromatic N) is 1. The maximum absolute atomic E-state index is 6.03. The number of rotatable bonds is 6. The van der Waals surface area contributed by atoms with Gasteiger partial charge in [-0.15, -0.1) is 0 Å². The molecule has 0 saturated heterocycles. The highest BCUT2D eigenvalue weighted by Crippen LogP contribution is 2.28. The summed E-state index contributed by atoms with van der Waals surface area (Å²) in [5, 5.41) is 0.731. The Balaban J connectivity index is 2.91. The third kappa shape index (κ3) is 4.14. The van der Waals surface area contributed by atoms with E-state index in [1.807, 2.05) is 23.9 Å². The van der Waals surface area contributed by atoms with Crippen LogP contribution >= 0.6 is 39.3 Å². The van der Waals surface area contributed by atoms with Gasteiger partial charge in [-0.2, -0.15) is 11.8 Å². The normalized spacial score (nSPS) is 14.8. The fourth-order valence-corrected chi connectivity index (χ4v) is 3.15. The summed E-state index contributed by atoms with van der Waals surface area (Å²) in [7, 11) is 2.13. The molecule has 2 nitrogen and oxygen atoms in total. The molecule has 0 aliphatic rings. The summed E-state index contributed by atoms with van der Waals surface area (Å²) in [6, 6.07) is 6.73. The van der Waals surface area contributed by atoms with Crippen molar-refractivity contribution in [3.63, 3.8) is 0 Å². The smallest absolute Gasteiger partial charge is 0.0548 e. The Morgan fingerprint density at radius 1 is 1.50 bits per heavy atom. The lowest BCUT2D eigenvalue weighted by atomic mass is 10.0. The largest absolute Gasteiger partial charge is 0.329 e. The van der Waals surface area contributed by atoms with Gasteiger partial charge in [0.25, 0.3) is 0 Å². The van der Waals surface area contributed by atoms with Crippen molar-refractivity contribution >= 4 is 39.3 Å². The second-order valence-electron chi connectivity index (χ2n) is 4.39. The van der Waals surface area contributed by atoms with Crippen LogP contribution in [-0.2, 0) is 0 Å². The van der Waals surface area contributed by atoms with Crippen LogP contribution in [-0.4, -0.2) is 36.5 Å². The highest BCUT2D eigenvalue weighted by Gasteiger charge is 2.20. The first-order valence-corrected chi connectivity index (χ1v) is 8.43. The second-order valence-corrected chi connectivity index (χ2v) is 6.57. The van der Waals surface area contributed by atoms with E-state index in [1.54, 1.807) is 0 Å². The van der Waals surface area contributed by atoms with E-state index in [9.17, 15) is 0 Å². The van der Waals surface area contributed by atoms with Crippen LogP contribution < -0.4 is 5.73 Å². The highest BCUT2D eigenvalue weighted by molar-refractivity contribution is 9.10. The van der Waals surface area contributed by atoms with Crippen LogP contribution in [0.5, 0.6) is 0 Å². The molecule has 0 heterocycles. The van der Waals surface area contributed by atoms with Crippen LogP contribution in [0.4, 0.5) is 0 Å².